The highest BCUT2D eigenvalue weighted by molar-refractivity contribution is 5.80. The van der Waals surface area contributed by atoms with Gasteiger partial charge in [-0.3, -0.25) is 4.79 Å². The Labute approximate surface area is 95.9 Å². The van der Waals surface area contributed by atoms with E-state index in [-0.39, 0.29) is 30.0 Å². The molecule has 3 fully saturated rings. The molecule has 4 unspecified atom stereocenters. The van der Waals surface area contributed by atoms with Crippen LogP contribution in [0.2, 0.25) is 0 Å². The molecule has 0 radical (unpaired) electrons. The summed E-state index contributed by atoms with van der Waals surface area (Å²) >= 11 is 0. The first-order valence-corrected chi connectivity index (χ1v) is 6.45. The van der Waals surface area contributed by atoms with Gasteiger partial charge in [-0.25, -0.2) is 0 Å². The van der Waals surface area contributed by atoms with Gasteiger partial charge in [-0.1, -0.05) is 6.42 Å². The van der Waals surface area contributed by atoms with Crippen LogP contribution in [-0.2, 0) is 9.53 Å². The molecular weight excluding hydrogens is 204 g/mol. The second kappa shape index (κ2) is 4.00. The minimum Gasteiger partial charge on any atom is -0.376 e. The highest BCUT2D eigenvalue weighted by Gasteiger charge is 2.51. The first kappa shape index (κ1) is 10.5. The fourth-order valence-corrected chi connectivity index (χ4v) is 3.08. The van der Waals surface area contributed by atoms with E-state index >= 15 is 0 Å². The van der Waals surface area contributed by atoms with Gasteiger partial charge in [0, 0.05) is 24.5 Å². The van der Waals surface area contributed by atoms with E-state index < -0.39 is 0 Å². The van der Waals surface area contributed by atoms with Gasteiger partial charge in [-0.2, -0.15) is 0 Å². The summed E-state index contributed by atoms with van der Waals surface area (Å²) in [4.78, 5) is 11.8. The molecule has 4 atom stereocenters. The van der Waals surface area contributed by atoms with Gasteiger partial charge in [-0.05, 0) is 25.7 Å². The Kier molecular flexibility index (Phi) is 2.64. The first-order valence-electron chi connectivity index (χ1n) is 6.45. The number of ether oxygens (including phenoxy) is 1. The lowest BCUT2D eigenvalue weighted by Crippen LogP contribution is -2.72. The van der Waals surface area contributed by atoms with Crippen LogP contribution in [0.4, 0.5) is 0 Å². The van der Waals surface area contributed by atoms with E-state index in [9.17, 15) is 4.79 Å². The third kappa shape index (κ3) is 1.55. The Morgan fingerprint density at radius 3 is 2.75 bits per heavy atom. The quantitative estimate of drug-likeness (QED) is 0.714. The summed E-state index contributed by atoms with van der Waals surface area (Å²) in [5.74, 6) is 0.912. The van der Waals surface area contributed by atoms with Crippen molar-refractivity contribution in [2.24, 2.45) is 17.6 Å². The molecule has 3 rings (SSSR count). The Morgan fingerprint density at radius 2 is 2.06 bits per heavy atom. The maximum absolute atomic E-state index is 11.8. The largest absolute Gasteiger partial charge is 0.376 e. The number of fused-ring (bicyclic) bond motifs is 1. The zero-order chi connectivity index (χ0) is 11.1. The van der Waals surface area contributed by atoms with Gasteiger partial charge in [0.2, 0.25) is 5.91 Å². The number of nitrogens with one attached hydrogen (secondary N) is 1. The monoisotopic (exact) mass is 224 g/mol. The maximum Gasteiger partial charge on any atom is 0.223 e. The van der Waals surface area contributed by atoms with E-state index in [4.69, 9.17) is 10.5 Å². The van der Waals surface area contributed by atoms with Crippen molar-refractivity contribution in [2.45, 2.75) is 50.3 Å². The average Bonchev–Trinajstić information content (AvgIpc) is 2.23. The van der Waals surface area contributed by atoms with Gasteiger partial charge in [0.25, 0.3) is 0 Å². The Hall–Kier alpha value is -0.610. The predicted octanol–water partition coefficient (Wildman–Crippen LogP) is 0.407. The molecule has 0 spiro atoms. The number of hydrogen-bond acceptors (Lipinski definition) is 3. The summed E-state index contributed by atoms with van der Waals surface area (Å²) in [7, 11) is 0. The zero-order valence-corrected chi connectivity index (χ0v) is 9.52. The van der Waals surface area contributed by atoms with E-state index in [2.05, 4.69) is 5.32 Å². The van der Waals surface area contributed by atoms with Crippen LogP contribution in [0.5, 0.6) is 0 Å². The summed E-state index contributed by atoms with van der Waals surface area (Å²) < 4.78 is 5.70. The molecule has 1 aliphatic heterocycles. The smallest absolute Gasteiger partial charge is 0.223 e. The molecule has 90 valence electrons. The molecule has 0 aromatic heterocycles. The van der Waals surface area contributed by atoms with Crippen molar-refractivity contribution in [3.8, 4) is 0 Å². The van der Waals surface area contributed by atoms with Gasteiger partial charge in [0.1, 0.15) is 0 Å². The molecule has 1 amide bonds. The van der Waals surface area contributed by atoms with Crippen LogP contribution in [0, 0.1) is 11.8 Å². The molecule has 0 aromatic rings. The summed E-state index contributed by atoms with van der Waals surface area (Å²) in [6.07, 6.45) is 5.73. The van der Waals surface area contributed by atoms with Gasteiger partial charge in [0.05, 0.1) is 12.1 Å². The molecule has 1 saturated heterocycles. The molecule has 0 bridgehead atoms. The van der Waals surface area contributed by atoms with E-state index in [0.29, 0.717) is 5.92 Å². The lowest BCUT2D eigenvalue weighted by atomic mass is 9.68. The summed E-state index contributed by atoms with van der Waals surface area (Å²) in [5, 5.41) is 3.08. The molecule has 0 aromatic carbocycles. The lowest BCUT2D eigenvalue weighted by Gasteiger charge is -2.52. The number of rotatable bonds is 2. The van der Waals surface area contributed by atoms with Gasteiger partial charge >= 0.3 is 0 Å². The predicted molar refractivity (Wildman–Crippen MR) is 59.7 cm³/mol. The molecule has 4 nitrogen and oxygen atoms in total. The molecule has 4 heteroatoms. The first-order chi connectivity index (χ1) is 7.77. The summed E-state index contributed by atoms with van der Waals surface area (Å²) in [6.45, 7) is 0.823. The number of carbonyl (C=O) groups excluding carboxylic acids is 1. The van der Waals surface area contributed by atoms with Gasteiger partial charge < -0.3 is 15.8 Å². The van der Waals surface area contributed by atoms with Crippen molar-refractivity contribution in [1.82, 2.24) is 5.32 Å². The third-order valence-corrected chi connectivity index (χ3v) is 4.46. The van der Waals surface area contributed by atoms with E-state index in [1.807, 2.05) is 0 Å². The SMILES string of the molecule is NC1C2CCCOC2C1NC(=O)C1CCC1. The number of carbonyl (C=O) groups is 1. The van der Waals surface area contributed by atoms with Crippen molar-refractivity contribution in [2.75, 3.05) is 6.61 Å². The lowest BCUT2D eigenvalue weighted by molar-refractivity contribution is -0.143. The second-order valence-electron chi connectivity index (χ2n) is 5.38. The van der Waals surface area contributed by atoms with Crippen LogP contribution < -0.4 is 11.1 Å². The highest BCUT2D eigenvalue weighted by atomic mass is 16.5. The van der Waals surface area contributed by atoms with Crippen LogP contribution >= 0.6 is 0 Å². The minimum atomic E-state index is 0.0680. The molecule has 2 aliphatic carbocycles. The maximum atomic E-state index is 11.8. The second-order valence-corrected chi connectivity index (χ2v) is 5.38. The fraction of sp³-hybridized carbons (Fsp3) is 0.917. The van der Waals surface area contributed by atoms with Crippen molar-refractivity contribution >= 4 is 5.91 Å². The summed E-state index contributed by atoms with van der Waals surface area (Å²) in [6, 6.07) is 0.174. The number of hydrogen-bond donors (Lipinski definition) is 2. The van der Waals surface area contributed by atoms with Crippen LogP contribution in [0.25, 0.3) is 0 Å². The topological polar surface area (TPSA) is 64.3 Å². The van der Waals surface area contributed by atoms with E-state index in [1.165, 1.54) is 6.42 Å². The van der Waals surface area contributed by atoms with Crippen molar-refractivity contribution in [1.29, 1.82) is 0 Å². The molecule has 2 saturated carbocycles. The van der Waals surface area contributed by atoms with Crippen molar-refractivity contribution in [3.63, 3.8) is 0 Å². The third-order valence-electron chi connectivity index (χ3n) is 4.46. The summed E-state index contributed by atoms with van der Waals surface area (Å²) in [5.41, 5.74) is 6.09. The normalized spacial score (nSPS) is 42.8. The Balaban J connectivity index is 1.56. The van der Waals surface area contributed by atoms with Crippen LogP contribution in [0.1, 0.15) is 32.1 Å². The molecule has 3 aliphatic rings. The minimum absolute atomic E-state index is 0.0680. The van der Waals surface area contributed by atoms with Gasteiger partial charge in [-0.15, -0.1) is 0 Å². The van der Waals surface area contributed by atoms with Crippen molar-refractivity contribution < 1.29 is 9.53 Å². The molecule has 16 heavy (non-hydrogen) atoms. The average molecular weight is 224 g/mol. The fourth-order valence-electron chi connectivity index (χ4n) is 3.08. The Bertz CT molecular complexity index is 291. The zero-order valence-electron chi connectivity index (χ0n) is 9.52. The molecule has 1 heterocycles. The number of amides is 1. The molecule has 3 N–H and O–H groups in total. The molecular formula is C12H20N2O2. The van der Waals surface area contributed by atoms with Crippen LogP contribution in [0.15, 0.2) is 0 Å². The standard InChI is InChI=1S/C12H20N2O2/c13-9-8-5-2-6-16-11(8)10(9)14-12(15)7-3-1-4-7/h7-11H,1-6,13H2,(H,14,15). The van der Waals surface area contributed by atoms with Crippen molar-refractivity contribution in [3.05, 3.63) is 0 Å². The van der Waals surface area contributed by atoms with E-state index in [1.54, 1.807) is 0 Å². The van der Waals surface area contributed by atoms with Crippen LogP contribution in [-0.4, -0.2) is 30.7 Å². The van der Waals surface area contributed by atoms with Gasteiger partial charge in [0.15, 0.2) is 0 Å². The van der Waals surface area contributed by atoms with Crippen LogP contribution in [0.3, 0.4) is 0 Å². The van der Waals surface area contributed by atoms with E-state index in [0.717, 1.165) is 32.3 Å². The highest BCUT2D eigenvalue weighted by Crippen LogP contribution is 2.37. The number of nitrogens with two attached hydrogens (primary N) is 1. The Morgan fingerprint density at radius 1 is 1.25 bits per heavy atom.